The van der Waals surface area contributed by atoms with Crippen LogP contribution in [0.1, 0.15) is 41.3 Å². The van der Waals surface area contributed by atoms with Crippen molar-refractivity contribution in [3.63, 3.8) is 0 Å². The van der Waals surface area contributed by atoms with Crippen molar-refractivity contribution in [1.82, 2.24) is 0 Å². The average molecular weight is 340 g/mol. The van der Waals surface area contributed by atoms with Crippen LogP contribution in [0.3, 0.4) is 0 Å². The van der Waals surface area contributed by atoms with Gasteiger partial charge >= 0.3 is 0 Å². The molecule has 2 aromatic rings. The molecule has 2 aliphatic heterocycles. The van der Waals surface area contributed by atoms with Crippen molar-refractivity contribution in [2.24, 2.45) is 0 Å². The lowest BCUT2D eigenvalue weighted by molar-refractivity contribution is 0.0848. The average Bonchev–Trinajstić information content (AvgIpc) is 2.62. The van der Waals surface area contributed by atoms with Gasteiger partial charge in [0.15, 0.2) is 17.3 Å². The quantitative estimate of drug-likeness (QED) is 0.828. The zero-order valence-corrected chi connectivity index (χ0v) is 14.1. The molecule has 25 heavy (non-hydrogen) atoms. The molecule has 0 fully saturated rings. The minimum Gasteiger partial charge on any atom is -0.497 e. The molecule has 0 N–H and O–H groups in total. The van der Waals surface area contributed by atoms with Crippen LogP contribution in [0.2, 0.25) is 0 Å². The van der Waals surface area contributed by atoms with Gasteiger partial charge in [0.1, 0.15) is 17.6 Å². The molecule has 4 rings (SSSR count). The lowest BCUT2D eigenvalue weighted by Crippen LogP contribution is -2.20. The van der Waals surface area contributed by atoms with E-state index in [2.05, 4.69) is 0 Å². The molecule has 1 atom stereocenters. The van der Waals surface area contributed by atoms with E-state index in [1.54, 1.807) is 25.3 Å². The summed E-state index contributed by atoms with van der Waals surface area (Å²) in [6.07, 6.45) is 1.92. The van der Waals surface area contributed by atoms with Gasteiger partial charge in [0.05, 0.1) is 32.3 Å². The second-order valence-corrected chi connectivity index (χ2v) is 6.21. The third kappa shape index (κ3) is 3.14. The molecule has 0 aromatic heterocycles. The van der Waals surface area contributed by atoms with Crippen LogP contribution >= 0.6 is 0 Å². The number of methoxy groups -OCH3 is 1. The van der Waals surface area contributed by atoms with Crippen LogP contribution < -0.4 is 18.9 Å². The Labute approximate surface area is 146 Å². The number of rotatable bonds is 2. The Kier molecular flexibility index (Phi) is 4.22. The van der Waals surface area contributed by atoms with E-state index in [4.69, 9.17) is 18.9 Å². The van der Waals surface area contributed by atoms with Crippen molar-refractivity contribution in [1.29, 1.82) is 0 Å². The summed E-state index contributed by atoms with van der Waals surface area (Å²) in [5, 5.41) is 0. The van der Waals surface area contributed by atoms with Gasteiger partial charge < -0.3 is 18.9 Å². The normalized spacial score (nSPS) is 19.2. The summed E-state index contributed by atoms with van der Waals surface area (Å²) in [7, 11) is 1.58. The lowest BCUT2D eigenvalue weighted by Gasteiger charge is -2.26. The van der Waals surface area contributed by atoms with Crippen molar-refractivity contribution in [2.75, 3.05) is 20.3 Å². The van der Waals surface area contributed by atoms with Gasteiger partial charge in [-0.15, -0.1) is 0 Å². The molecule has 0 aliphatic carbocycles. The molecule has 130 valence electrons. The first-order valence-corrected chi connectivity index (χ1v) is 8.52. The van der Waals surface area contributed by atoms with Crippen LogP contribution in [0.4, 0.5) is 0 Å². The smallest absolute Gasteiger partial charge is 0.170 e. The predicted octanol–water partition coefficient (Wildman–Crippen LogP) is 3.95. The van der Waals surface area contributed by atoms with Crippen LogP contribution in [0.15, 0.2) is 36.4 Å². The highest BCUT2D eigenvalue weighted by molar-refractivity contribution is 6.00. The Hall–Kier alpha value is -2.69. The van der Waals surface area contributed by atoms with Gasteiger partial charge in [-0.25, -0.2) is 0 Å². The summed E-state index contributed by atoms with van der Waals surface area (Å²) < 4.78 is 22.8. The third-order valence-corrected chi connectivity index (χ3v) is 4.52. The molecule has 5 heteroatoms. The van der Waals surface area contributed by atoms with E-state index in [1.807, 2.05) is 18.2 Å². The third-order valence-electron chi connectivity index (χ3n) is 4.52. The second-order valence-electron chi connectivity index (χ2n) is 6.21. The number of Topliss-reactive ketones (excluding diaryl/α,β-unsaturated/α-hetero) is 1. The topological polar surface area (TPSA) is 54.0 Å². The van der Waals surface area contributed by atoms with E-state index >= 15 is 0 Å². The molecular weight excluding hydrogens is 320 g/mol. The monoisotopic (exact) mass is 340 g/mol. The number of ether oxygens (including phenoxy) is 4. The van der Waals surface area contributed by atoms with E-state index in [0.717, 1.165) is 24.2 Å². The standard InChI is InChI=1S/C20H20O5/c1-22-14-5-7-17-15(11-14)16(21)12-19(25-17)13-4-6-18-20(10-13)24-9-3-2-8-23-18/h4-7,10-11,19H,2-3,8-9,12H2,1H3. The summed E-state index contributed by atoms with van der Waals surface area (Å²) in [5.74, 6) is 2.75. The molecule has 2 aromatic carbocycles. The Bertz CT molecular complexity index is 799. The number of hydrogen-bond donors (Lipinski definition) is 0. The fraction of sp³-hybridized carbons (Fsp3) is 0.350. The minimum atomic E-state index is -0.326. The molecule has 0 spiro atoms. The van der Waals surface area contributed by atoms with Gasteiger partial charge in [0.25, 0.3) is 0 Å². The summed E-state index contributed by atoms with van der Waals surface area (Å²) in [6.45, 7) is 1.37. The predicted molar refractivity (Wildman–Crippen MR) is 92.0 cm³/mol. The second kappa shape index (κ2) is 6.67. The molecule has 0 radical (unpaired) electrons. The first kappa shape index (κ1) is 15.8. The van der Waals surface area contributed by atoms with Crippen LogP contribution in [0, 0.1) is 0 Å². The molecule has 1 unspecified atom stereocenters. The maximum atomic E-state index is 12.5. The maximum Gasteiger partial charge on any atom is 0.170 e. The molecule has 5 nitrogen and oxygen atoms in total. The Morgan fingerprint density at radius 1 is 0.960 bits per heavy atom. The van der Waals surface area contributed by atoms with Gasteiger partial charge in [-0.1, -0.05) is 6.07 Å². The zero-order chi connectivity index (χ0) is 17.2. The molecule has 0 saturated carbocycles. The minimum absolute atomic E-state index is 0.0501. The molecule has 0 saturated heterocycles. The van der Waals surface area contributed by atoms with Crippen LogP contribution in [0.5, 0.6) is 23.0 Å². The summed E-state index contributed by atoms with van der Waals surface area (Å²) >= 11 is 0. The van der Waals surface area contributed by atoms with Gasteiger partial charge in [-0.3, -0.25) is 4.79 Å². The first-order chi connectivity index (χ1) is 12.2. The summed E-state index contributed by atoms with van der Waals surface area (Å²) in [4.78, 5) is 12.5. The molecule has 0 bridgehead atoms. The zero-order valence-electron chi connectivity index (χ0n) is 14.1. The van der Waals surface area contributed by atoms with E-state index in [0.29, 0.717) is 42.4 Å². The van der Waals surface area contributed by atoms with E-state index < -0.39 is 0 Å². The highest BCUT2D eigenvalue weighted by Crippen LogP contribution is 2.39. The maximum absolute atomic E-state index is 12.5. The number of fused-ring (bicyclic) bond motifs is 2. The Morgan fingerprint density at radius 3 is 2.52 bits per heavy atom. The van der Waals surface area contributed by atoms with Crippen molar-refractivity contribution in [3.8, 4) is 23.0 Å². The lowest BCUT2D eigenvalue weighted by atomic mass is 9.96. The van der Waals surface area contributed by atoms with E-state index in [1.165, 1.54) is 0 Å². The number of carbonyl (C=O) groups is 1. The van der Waals surface area contributed by atoms with Crippen LogP contribution in [-0.2, 0) is 0 Å². The number of benzene rings is 2. The highest BCUT2D eigenvalue weighted by atomic mass is 16.5. The van der Waals surface area contributed by atoms with Gasteiger partial charge in [0, 0.05) is 0 Å². The Balaban J connectivity index is 1.62. The molecule has 2 aliphatic rings. The number of hydrogen-bond acceptors (Lipinski definition) is 5. The molecule has 0 amide bonds. The van der Waals surface area contributed by atoms with Gasteiger partial charge in [-0.2, -0.15) is 0 Å². The highest BCUT2D eigenvalue weighted by Gasteiger charge is 2.29. The molecular formula is C20H20O5. The SMILES string of the molecule is COc1ccc2c(c1)C(=O)CC(c1ccc3c(c1)OCCCCO3)O2. The molecule has 2 heterocycles. The van der Waals surface area contributed by atoms with Crippen molar-refractivity contribution in [3.05, 3.63) is 47.5 Å². The van der Waals surface area contributed by atoms with Crippen molar-refractivity contribution < 1.29 is 23.7 Å². The van der Waals surface area contributed by atoms with Crippen molar-refractivity contribution >= 4 is 5.78 Å². The van der Waals surface area contributed by atoms with E-state index in [9.17, 15) is 4.79 Å². The summed E-state index contributed by atoms with van der Waals surface area (Å²) in [5.41, 5.74) is 1.49. The fourth-order valence-corrected chi connectivity index (χ4v) is 3.14. The van der Waals surface area contributed by atoms with Crippen LogP contribution in [-0.4, -0.2) is 26.1 Å². The summed E-state index contributed by atoms with van der Waals surface area (Å²) in [6, 6.07) is 11.1. The number of carbonyl (C=O) groups excluding carboxylic acids is 1. The fourth-order valence-electron chi connectivity index (χ4n) is 3.14. The van der Waals surface area contributed by atoms with Crippen LogP contribution in [0.25, 0.3) is 0 Å². The van der Waals surface area contributed by atoms with Gasteiger partial charge in [0.2, 0.25) is 0 Å². The number of ketones is 1. The first-order valence-electron chi connectivity index (χ1n) is 8.52. The van der Waals surface area contributed by atoms with Gasteiger partial charge in [-0.05, 0) is 48.7 Å². The van der Waals surface area contributed by atoms with Crippen molar-refractivity contribution in [2.45, 2.75) is 25.4 Å². The largest absolute Gasteiger partial charge is 0.497 e. The Morgan fingerprint density at radius 2 is 1.72 bits per heavy atom. The van der Waals surface area contributed by atoms with E-state index in [-0.39, 0.29) is 11.9 Å².